The zero-order chi connectivity index (χ0) is 11.1. The average Bonchev–Trinajstić information content (AvgIpc) is 2.27. The molecular weight excluding hydrogens is 190 g/mol. The molecule has 0 aliphatic rings. The summed E-state index contributed by atoms with van der Waals surface area (Å²) in [6.07, 6.45) is 1.73. The van der Waals surface area contributed by atoms with Crippen LogP contribution in [0.15, 0.2) is 24.3 Å². The molecule has 0 amide bonds. The number of nitrogens with two attached hydrogens (primary N) is 1. The quantitative estimate of drug-likeness (QED) is 0.770. The highest BCUT2D eigenvalue weighted by atomic mass is 16.5. The molecule has 1 rings (SSSR count). The average molecular weight is 207 g/mol. The summed E-state index contributed by atoms with van der Waals surface area (Å²) < 4.78 is 5.20. The summed E-state index contributed by atoms with van der Waals surface area (Å²) in [5.74, 6) is 1.06. The first-order valence-corrected chi connectivity index (χ1v) is 5.11. The number of Topliss-reactive ketones (excluding diaryl/α,β-unsaturated/α-hetero) is 1. The fraction of sp³-hybridized carbons (Fsp3) is 0.417. The van der Waals surface area contributed by atoms with Gasteiger partial charge in [-0.2, -0.15) is 0 Å². The van der Waals surface area contributed by atoms with Gasteiger partial charge in [-0.3, -0.25) is 4.79 Å². The Morgan fingerprint density at radius 1 is 1.33 bits per heavy atom. The number of rotatable bonds is 6. The molecule has 3 nitrogen and oxygen atoms in total. The molecule has 0 aliphatic heterocycles. The van der Waals surface area contributed by atoms with Crippen LogP contribution in [0.5, 0.6) is 5.75 Å². The van der Waals surface area contributed by atoms with Crippen LogP contribution in [-0.2, 0) is 11.2 Å². The van der Waals surface area contributed by atoms with E-state index in [9.17, 15) is 4.79 Å². The number of ether oxygens (including phenoxy) is 1. The molecule has 1 aromatic rings. The number of ketones is 1. The number of methoxy groups -OCH3 is 1. The van der Waals surface area contributed by atoms with Crippen LogP contribution in [0.2, 0.25) is 0 Å². The zero-order valence-electron chi connectivity index (χ0n) is 9.03. The number of benzene rings is 1. The van der Waals surface area contributed by atoms with E-state index < -0.39 is 0 Å². The van der Waals surface area contributed by atoms with Crippen LogP contribution in [0, 0.1) is 0 Å². The van der Waals surface area contributed by atoms with E-state index >= 15 is 0 Å². The predicted octanol–water partition coefficient (Wildman–Crippen LogP) is 1.55. The second-order valence-electron chi connectivity index (χ2n) is 3.39. The van der Waals surface area contributed by atoms with Crippen molar-refractivity contribution < 1.29 is 9.53 Å². The molecular formula is C12H17NO2. The Kier molecular flexibility index (Phi) is 4.84. The minimum atomic E-state index is 0.211. The SMILES string of the molecule is COc1ccccc1CCC(=O)CCN. The Hall–Kier alpha value is -1.35. The lowest BCUT2D eigenvalue weighted by Gasteiger charge is -2.07. The van der Waals surface area contributed by atoms with E-state index in [-0.39, 0.29) is 5.78 Å². The molecule has 1 aromatic carbocycles. The van der Waals surface area contributed by atoms with Gasteiger partial charge in [-0.1, -0.05) is 18.2 Å². The van der Waals surface area contributed by atoms with Crippen molar-refractivity contribution in [1.82, 2.24) is 0 Å². The van der Waals surface area contributed by atoms with Crippen molar-refractivity contribution in [2.75, 3.05) is 13.7 Å². The van der Waals surface area contributed by atoms with Gasteiger partial charge in [0.2, 0.25) is 0 Å². The predicted molar refractivity (Wildman–Crippen MR) is 60.0 cm³/mol. The van der Waals surface area contributed by atoms with Gasteiger partial charge in [0.15, 0.2) is 0 Å². The van der Waals surface area contributed by atoms with E-state index in [1.54, 1.807) is 7.11 Å². The van der Waals surface area contributed by atoms with Gasteiger partial charge in [-0.25, -0.2) is 0 Å². The third-order valence-corrected chi connectivity index (χ3v) is 2.29. The van der Waals surface area contributed by atoms with Gasteiger partial charge in [-0.15, -0.1) is 0 Å². The highest BCUT2D eigenvalue weighted by Crippen LogP contribution is 2.18. The number of carbonyl (C=O) groups excluding carboxylic acids is 1. The van der Waals surface area contributed by atoms with Crippen molar-refractivity contribution >= 4 is 5.78 Å². The van der Waals surface area contributed by atoms with Crippen molar-refractivity contribution in [2.45, 2.75) is 19.3 Å². The molecule has 0 saturated heterocycles. The molecule has 82 valence electrons. The van der Waals surface area contributed by atoms with Crippen LogP contribution in [0.25, 0.3) is 0 Å². The molecule has 0 saturated carbocycles. The van der Waals surface area contributed by atoms with Crippen LogP contribution >= 0.6 is 0 Å². The Bertz CT molecular complexity index is 323. The third-order valence-electron chi connectivity index (χ3n) is 2.29. The summed E-state index contributed by atoms with van der Waals surface area (Å²) in [7, 11) is 1.64. The lowest BCUT2D eigenvalue weighted by molar-refractivity contribution is -0.118. The van der Waals surface area contributed by atoms with Gasteiger partial charge in [0.05, 0.1) is 7.11 Å². The molecule has 0 bridgehead atoms. The summed E-state index contributed by atoms with van der Waals surface area (Å²) in [5.41, 5.74) is 6.38. The van der Waals surface area contributed by atoms with Crippen molar-refractivity contribution in [3.63, 3.8) is 0 Å². The van der Waals surface area contributed by atoms with E-state index in [0.29, 0.717) is 19.4 Å². The molecule has 0 atom stereocenters. The van der Waals surface area contributed by atoms with Crippen LogP contribution in [0.1, 0.15) is 18.4 Å². The second-order valence-corrected chi connectivity index (χ2v) is 3.39. The van der Waals surface area contributed by atoms with E-state index in [1.807, 2.05) is 24.3 Å². The monoisotopic (exact) mass is 207 g/mol. The standard InChI is InChI=1S/C12H17NO2/c1-15-12-5-3-2-4-10(12)6-7-11(14)8-9-13/h2-5H,6-9,13H2,1H3. The van der Waals surface area contributed by atoms with Gasteiger partial charge >= 0.3 is 0 Å². The van der Waals surface area contributed by atoms with Crippen LogP contribution in [0.3, 0.4) is 0 Å². The smallest absolute Gasteiger partial charge is 0.134 e. The molecule has 0 heterocycles. The second kappa shape index (κ2) is 6.19. The Morgan fingerprint density at radius 2 is 2.07 bits per heavy atom. The Morgan fingerprint density at radius 3 is 2.73 bits per heavy atom. The molecule has 0 fully saturated rings. The van der Waals surface area contributed by atoms with Crippen LogP contribution < -0.4 is 10.5 Å². The fourth-order valence-corrected chi connectivity index (χ4v) is 1.47. The lowest BCUT2D eigenvalue weighted by Crippen LogP contribution is -2.08. The summed E-state index contributed by atoms with van der Waals surface area (Å²) in [4.78, 5) is 11.3. The molecule has 15 heavy (non-hydrogen) atoms. The summed E-state index contributed by atoms with van der Waals surface area (Å²) in [5, 5.41) is 0. The van der Waals surface area contributed by atoms with Gasteiger partial charge in [0, 0.05) is 12.8 Å². The van der Waals surface area contributed by atoms with E-state index in [0.717, 1.165) is 17.7 Å². The summed E-state index contributed by atoms with van der Waals surface area (Å²) in [6, 6.07) is 7.76. The topological polar surface area (TPSA) is 52.3 Å². The first kappa shape index (κ1) is 11.7. The number of hydrogen-bond acceptors (Lipinski definition) is 3. The van der Waals surface area contributed by atoms with Crippen LogP contribution in [0.4, 0.5) is 0 Å². The number of hydrogen-bond donors (Lipinski definition) is 1. The fourth-order valence-electron chi connectivity index (χ4n) is 1.47. The van der Waals surface area contributed by atoms with Crippen molar-refractivity contribution in [3.05, 3.63) is 29.8 Å². The molecule has 0 aromatic heterocycles. The molecule has 0 aliphatic carbocycles. The minimum Gasteiger partial charge on any atom is -0.496 e. The maximum atomic E-state index is 11.3. The maximum absolute atomic E-state index is 11.3. The molecule has 0 spiro atoms. The molecule has 3 heteroatoms. The van der Waals surface area contributed by atoms with Gasteiger partial charge in [0.25, 0.3) is 0 Å². The Balaban J connectivity index is 2.53. The van der Waals surface area contributed by atoms with Gasteiger partial charge < -0.3 is 10.5 Å². The minimum absolute atomic E-state index is 0.211. The molecule has 2 N–H and O–H groups in total. The third kappa shape index (κ3) is 3.72. The first-order valence-electron chi connectivity index (χ1n) is 5.11. The zero-order valence-corrected chi connectivity index (χ0v) is 9.03. The maximum Gasteiger partial charge on any atom is 0.134 e. The highest BCUT2D eigenvalue weighted by molar-refractivity contribution is 5.78. The number of aryl methyl sites for hydroxylation is 1. The molecule has 0 radical (unpaired) electrons. The van der Waals surface area contributed by atoms with Crippen molar-refractivity contribution in [1.29, 1.82) is 0 Å². The Labute approximate surface area is 90.2 Å². The summed E-state index contributed by atoms with van der Waals surface area (Å²) >= 11 is 0. The van der Waals surface area contributed by atoms with Crippen molar-refractivity contribution in [3.8, 4) is 5.75 Å². The van der Waals surface area contributed by atoms with Crippen LogP contribution in [-0.4, -0.2) is 19.4 Å². The van der Waals surface area contributed by atoms with Gasteiger partial charge in [0.1, 0.15) is 11.5 Å². The van der Waals surface area contributed by atoms with E-state index in [1.165, 1.54) is 0 Å². The van der Waals surface area contributed by atoms with Crippen molar-refractivity contribution in [2.24, 2.45) is 5.73 Å². The van der Waals surface area contributed by atoms with E-state index in [4.69, 9.17) is 10.5 Å². The van der Waals surface area contributed by atoms with Gasteiger partial charge in [-0.05, 0) is 24.6 Å². The lowest BCUT2D eigenvalue weighted by atomic mass is 10.1. The number of para-hydroxylation sites is 1. The largest absolute Gasteiger partial charge is 0.496 e. The molecule has 0 unspecified atom stereocenters. The van der Waals surface area contributed by atoms with E-state index in [2.05, 4.69) is 0 Å². The summed E-state index contributed by atoms with van der Waals surface area (Å²) in [6.45, 7) is 0.435. The highest BCUT2D eigenvalue weighted by Gasteiger charge is 2.05. The number of carbonyl (C=O) groups is 1. The normalized spacial score (nSPS) is 10.0. The first-order chi connectivity index (χ1) is 7.27.